The van der Waals surface area contributed by atoms with Crippen molar-refractivity contribution in [3.05, 3.63) is 10.5 Å². The Balaban J connectivity index is 2.03. The Hall–Kier alpha value is 0.0900. The van der Waals surface area contributed by atoms with E-state index < -0.39 is 0 Å². The van der Waals surface area contributed by atoms with Gasteiger partial charge in [-0.2, -0.15) is 0 Å². The van der Waals surface area contributed by atoms with Crippen LogP contribution in [0.2, 0.25) is 0 Å². The highest BCUT2D eigenvalue weighted by molar-refractivity contribution is 8.03. The molecule has 0 bridgehead atoms. The molecular formula is C10H16S. The second kappa shape index (κ2) is 3.66. The molecule has 0 aromatic carbocycles. The van der Waals surface area contributed by atoms with E-state index in [1.807, 2.05) is 5.57 Å². The van der Waals surface area contributed by atoms with Gasteiger partial charge in [-0.05, 0) is 49.2 Å². The third-order valence-corrected chi connectivity index (χ3v) is 4.01. The van der Waals surface area contributed by atoms with Gasteiger partial charge in [-0.1, -0.05) is 12.0 Å². The van der Waals surface area contributed by atoms with Gasteiger partial charge in [0.05, 0.1) is 0 Å². The minimum Gasteiger partial charge on any atom is -0.131 e. The molecule has 2 rings (SSSR count). The van der Waals surface area contributed by atoms with Gasteiger partial charge in [0.15, 0.2) is 0 Å². The van der Waals surface area contributed by atoms with Gasteiger partial charge in [0, 0.05) is 0 Å². The lowest BCUT2D eigenvalue weighted by Crippen LogP contribution is -1.95. The zero-order valence-corrected chi connectivity index (χ0v) is 7.88. The number of allylic oxidation sites excluding steroid dienone is 2. The zero-order chi connectivity index (χ0) is 7.52. The second-order valence-corrected chi connectivity index (χ2v) is 4.73. The van der Waals surface area contributed by atoms with Crippen molar-refractivity contribution in [2.75, 3.05) is 5.75 Å². The molecule has 0 unspecified atom stereocenters. The van der Waals surface area contributed by atoms with Gasteiger partial charge in [-0.15, -0.1) is 11.8 Å². The molecule has 0 atom stereocenters. The first-order chi connectivity index (χ1) is 5.47. The van der Waals surface area contributed by atoms with E-state index in [4.69, 9.17) is 0 Å². The molecule has 1 heterocycles. The first-order valence-electron chi connectivity index (χ1n) is 4.80. The number of hydrogen-bond donors (Lipinski definition) is 0. The summed E-state index contributed by atoms with van der Waals surface area (Å²) >= 11 is 2.13. The maximum absolute atomic E-state index is 2.13. The predicted octanol–water partition coefficient (Wildman–Crippen LogP) is 3.73. The van der Waals surface area contributed by atoms with Crippen LogP contribution in [-0.4, -0.2) is 5.75 Å². The molecule has 0 N–H and O–H groups in total. The molecule has 62 valence electrons. The van der Waals surface area contributed by atoms with E-state index in [-0.39, 0.29) is 0 Å². The van der Waals surface area contributed by atoms with E-state index in [0.717, 1.165) is 0 Å². The van der Waals surface area contributed by atoms with Crippen molar-refractivity contribution in [2.24, 2.45) is 0 Å². The summed E-state index contributed by atoms with van der Waals surface area (Å²) in [6.07, 6.45) is 10.1. The Morgan fingerprint density at radius 2 is 1.64 bits per heavy atom. The van der Waals surface area contributed by atoms with Gasteiger partial charge in [0.1, 0.15) is 0 Å². The third kappa shape index (κ3) is 1.81. The fourth-order valence-electron chi connectivity index (χ4n) is 2.04. The van der Waals surface area contributed by atoms with Crippen molar-refractivity contribution < 1.29 is 0 Å². The summed E-state index contributed by atoms with van der Waals surface area (Å²) in [5.41, 5.74) is 1.82. The zero-order valence-electron chi connectivity index (χ0n) is 7.07. The summed E-state index contributed by atoms with van der Waals surface area (Å²) in [5.74, 6) is 1.39. The molecule has 0 aromatic heterocycles. The molecule has 1 aliphatic carbocycles. The lowest BCUT2D eigenvalue weighted by atomic mass is 9.94. The van der Waals surface area contributed by atoms with E-state index >= 15 is 0 Å². The summed E-state index contributed by atoms with van der Waals surface area (Å²) in [6, 6.07) is 0. The van der Waals surface area contributed by atoms with E-state index in [9.17, 15) is 0 Å². The van der Waals surface area contributed by atoms with Crippen molar-refractivity contribution in [2.45, 2.75) is 44.9 Å². The van der Waals surface area contributed by atoms with Crippen molar-refractivity contribution in [3.8, 4) is 0 Å². The Morgan fingerprint density at radius 1 is 0.818 bits per heavy atom. The van der Waals surface area contributed by atoms with Gasteiger partial charge in [0.25, 0.3) is 0 Å². The van der Waals surface area contributed by atoms with Crippen LogP contribution in [0, 0.1) is 0 Å². The number of rotatable bonds is 0. The topological polar surface area (TPSA) is 0 Å². The fourth-order valence-corrected chi connectivity index (χ4v) is 3.27. The van der Waals surface area contributed by atoms with Gasteiger partial charge in [-0.3, -0.25) is 0 Å². The summed E-state index contributed by atoms with van der Waals surface area (Å²) in [4.78, 5) is 1.77. The SMILES string of the molecule is C1CCC(=C2CCCS2)CC1. The van der Waals surface area contributed by atoms with E-state index in [0.29, 0.717) is 0 Å². The molecule has 1 saturated carbocycles. The third-order valence-electron chi connectivity index (χ3n) is 2.68. The molecule has 1 aliphatic heterocycles. The van der Waals surface area contributed by atoms with Crippen molar-refractivity contribution in [3.63, 3.8) is 0 Å². The molecule has 1 heteroatoms. The van der Waals surface area contributed by atoms with Crippen LogP contribution in [0.25, 0.3) is 0 Å². The fraction of sp³-hybridized carbons (Fsp3) is 0.800. The van der Waals surface area contributed by atoms with Crippen LogP contribution in [0.1, 0.15) is 44.9 Å². The summed E-state index contributed by atoms with van der Waals surface area (Å²) in [6.45, 7) is 0. The van der Waals surface area contributed by atoms with Crippen LogP contribution in [-0.2, 0) is 0 Å². The first kappa shape index (κ1) is 7.72. The van der Waals surface area contributed by atoms with Crippen LogP contribution in [0.3, 0.4) is 0 Å². The highest BCUT2D eigenvalue weighted by atomic mass is 32.2. The van der Waals surface area contributed by atoms with Crippen molar-refractivity contribution >= 4 is 11.8 Å². The average Bonchev–Trinajstić information content (AvgIpc) is 2.58. The Morgan fingerprint density at radius 3 is 2.27 bits per heavy atom. The van der Waals surface area contributed by atoms with Crippen LogP contribution >= 0.6 is 11.8 Å². The van der Waals surface area contributed by atoms with E-state index in [1.165, 1.54) is 50.7 Å². The largest absolute Gasteiger partial charge is 0.131 e. The lowest BCUT2D eigenvalue weighted by Gasteiger charge is -2.15. The average molecular weight is 168 g/mol. The summed E-state index contributed by atoms with van der Waals surface area (Å²) < 4.78 is 0. The van der Waals surface area contributed by atoms with Gasteiger partial charge >= 0.3 is 0 Å². The second-order valence-electron chi connectivity index (χ2n) is 3.54. The Bertz CT molecular complexity index is 154. The smallest absolute Gasteiger partial charge is 0.00199 e. The van der Waals surface area contributed by atoms with Crippen molar-refractivity contribution in [1.82, 2.24) is 0 Å². The molecule has 1 saturated heterocycles. The van der Waals surface area contributed by atoms with E-state index in [2.05, 4.69) is 11.8 Å². The highest BCUT2D eigenvalue weighted by Crippen LogP contribution is 2.38. The molecule has 0 radical (unpaired) electrons. The monoisotopic (exact) mass is 168 g/mol. The number of thioether (sulfide) groups is 1. The summed E-state index contributed by atoms with van der Waals surface area (Å²) in [5, 5.41) is 0. The standard InChI is InChI=1S/C10H16S/c1-2-5-9(6-3-1)10-7-4-8-11-10/h1-8H2. The lowest BCUT2D eigenvalue weighted by molar-refractivity contribution is 0.595. The maximum Gasteiger partial charge on any atom is -0.00199 e. The van der Waals surface area contributed by atoms with Crippen LogP contribution in [0.15, 0.2) is 10.5 Å². The molecule has 0 spiro atoms. The number of hydrogen-bond acceptors (Lipinski definition) is 1. The maximum atomic E-state index is 2.13. The molecule has 0 amide bonds. The highest BCUT2D eigenvalue weighted by Gasteiger charge is 2.14. The Kier molecular flexibility index (Phi) is 2.57. The first-order valence-corrected chi connectivity index (χ1v) is 5.79. The molecule has 2 aliphatic rings. The summed E-state index contributed by atoms with van der Waals surface area (Å²) in [7, 11) is 0. The van der Waals surface area contributed by atoms with Crippen LogP contribution in [0.5, 0.6) is 0 Å². The van der Waals surface area contributed by atoms with E-state index in [1.54, 1.807) is 4.91 Å². The predicted molar refractivity (Wildman–Crippen MR) is 51.8 cm³/mol. The van der Waals surface area contributed by atoms with Crippen LogP contribution < -0.4 is 0 Å². The molecule has 0 aromatic rings. The van der Waals surface area contributed by atoms with Gasteiger partial charge in [-0.25, -0.2) is 0 Å². The quantitative estimate of drug-likeness (QED) is 0.531. The Labute approximate surface area is 73.4 Å². The normalized spacial score (nSPS) is 26.2. The molecule has 11 heavy (non-hydrogen) atoms. The molecular weight excluding hydrogens is 152 g/mol. The van der Waals surface area contributed by atoms with Crippen LogP contribution in [0.4, 0.5) is 0 Å². The van der Waals surface area contributed by atoms with Gasteiger partial charge in [0.2, 0.25) is 0 Å². The van der Waals surface area contributed by atoms with Crippen molar-refractivity contribution in [1.29, 1.82) is 0 Å². The van der Waals surface area contributed by atoms with Gasteiger partial charge < -0.3 is 0 Å². The minimum atomic E-state index is 1.39. The molecule has 0 nitrogen and oxygen atoms in total. The minimum absolute atomic E-state index is 1.39. The molecule has 2 fully saturated rings.